The smallest absolute Gasteiger partial charge is 0.196 e. The molecule has 0 spiro atoms. The van der Waals surface area contributed by atoms with Crippen LogP contribution in [0.1, 0.15) is 0 Å². The van der Waals surface area contributed by atoms with Crippen LogP contribution in [0.4, 0.5) is 18.3 Å². The normalized spacial score (nSPS) is 9.74. The van der Waals surface area contributed by atoms with Crippen molar-refractivity contribution in [1.29, 1.82) is 10.5 Å². The molecule has 4 nitrogen and oxygen atoms in total. The van der Waals surface area contributed by atoms with Crippen molar-refractivity contribution in [2.75, 3.05) is 5.32 Å². The van der Waals surface area contributed by atoms with Gasteiger partial charge >= 0.3 is 0 Å². The Morgan fingerprint density at radius 1 is 1.26 bits per heavy atom. The molecule has 0 saturated carbocycles. The minimum Gasteiger partial charge on any atom is -0.336 e. The van der Waals surface area contributed by atoms with Crippen LogP contribution in [0.5, 0.6) is 0 Å². The van der Waals surface area contributed by atoms with E-state index in [0.29, 0.717) is 0 Å². The standard InChI is InChI=1S/C11H3F3N4S/c12-6-1-7-10(9(14)8(6)13)18-11(19-7)17-4-5(2-15)3-16/h1,4H,(H,17,18). The summed E-state index contributed by atoms with van der Waals surface area (Å²) >= 11 is 0.865. The number of rotatable bonds is 2. The monoisotopic (exact) mass is 280 g/mol. The van der Waals surface area contributed by atoms with Crippen LogP contribution in [-0.2, 0) is 0 Å². The number of thiazole rings is 1. The van der Waals surface area contributed by atoms with E-state index in [9.17, 15) is 13.2 Å². The Bertz CT molecular complexity index is 751. The van der Waals surface area contributed by atoms with Gasteiger partial charge in [0.25, 0.3) is 0 Å². The molecular weight excluding hydrogens is 277 g/mol. The molecule has 1 N–H and O–H groups in total. The number of nitrogens with zero attached hydrogens (tertiary/aromatic N) is 3. The van der Waals surface area contributed by atoms with Crippen LogP contribution in [0.25, 0.3) is 10.2 Å². The molecular formula is C11H3F3N4S. The average Bonchev–Trinajstić information content (AvgIpc) is 2.80. The Labute approximate surface area is 109 Å². The summed E-state index contributed by atoms with van der Waals surface area (Å²) in [5.74, 6) is -4.26. The van der Waals surface area contributed by atoms with Gasteiger partial charge in [-0.15, -0.1) is 0 Å². The van der Waals surface area contributed by atoms with Crippen molar-refractivity contribution in [3.8, 4) is 12.1 Å². The quantitative estimate of drug-likeness (QED) is 0.677. The summed E-state index contributed by atoms with van der Waals surface area (Å²) in [5, 5.41) is 19.6. The van der Waals surface area contributed by atoms with Gasteiger partial charge in [-0.3, -0.25) is 0 Å². The second-order valence-corrected chi connectivity index (χ2v) is 4.31. The highest BCUT2D eigenvalue weighted by Gasteiger charge is 2.17. The highest BCUT2D eigenvalue weighted by molar-refractivity contribution is 7.22. The van der Waals surface area contributed by atoms with Crippen LogP contribution in [0, 0.1) is 40.1 Å². The number of allylic oxidation sites excluding steroid dienone is 1. The Morgan fingerprint density at radius 2 is 1.95 bits per heavy atom. The van der Waals surface area contributed by atoms with E-state index in [-0.39, 0.29) is 20.9 Å². The lowest BCUT2D eigenvalue weighted by Gasteiger charge is -1.94. The van der Waals surface area contributed by atoms with E-state index in [2.05, 4.69) is 10.3 Å². The first-order valence-corrected chi connectivity index (χ1v) is 5.59. The summed E-state index contributed by atoms with van der Waals surface area (Å²) in [5.41, 5.74) is -0.521. The number of hydrogen-bond acceptors (Lipinski definition) is 5. The van der Waals surface area contributed by atoms with Crippen LogP contribution >= 0.6 is 11.3 Å². The second-order valence-electron chi connectivity index (χ2n) is 3.28. The average molecular weight is 280 g/mol. The van der Waals surface area contributed by atoms with E-state index in [1.54, 1.807) is 12.1 Å². The molecule has 0 bridgehead atoms. The zero-order chi connectivity index (χ0) is 14.0. The summed E-state index contributed by atoms with van der Waals surface area (Å²) in [4.78, 5) is 3.72. The Balaban J connectivity index is 2.44. The van der Waals surface area contributed by atoms with Crippen molar-refractivity contribution in [2.45, 2.75) is 0 Å². The molecule has 8 heteroatoms. The summed E-state index contributed by atoms with van der Waals surface area (Å²) in [6.07, 6.45) is 1.07. The van der Waals surface area contributed by atoms with Crippen molar-refractivity contribution < 1.29 is 13.2 Å². The van der Waals surface area contributed by atoms with Gasteiger partial charge in [0.05, 0.1) is 4.70 Å². The molecule has 0 unspecified atom stereocenters. The van der Waals surface area contributed by atoms with Gasteiger partial charge in [0, 0.05) is 6.20 Å². The molecule has 1 heterocycles. The van der Waals surface area contributed by atoms with Crippen molar-refractivity contribution in [2.24, 2.45) is 0 Å². The van der Waals surface area contributed by atoms with Gasteiger partial charge in [0.2, 0.25) is 0 Å². The minimum absolute atomic E-state index is 0.113. The molecule has 1 aromatic carbocycles. The van der Waals surface area contributed by atoms with E-state index >= 15 is 0 Å². The maximum absolute atomic E-state index is 13.4. The number of halogens is 3. The maximum Gasteiger partial charge on any atom is 0.196 e. The van der Waals surface area contributed by atoms with Gasteiger partial charge in [-0.1, -0.05) is 11.3 Å². The van der Waals surface area contributed by atoms with Crippen LogP contribution in [-0.4, -0.2) is 4.98 Å². The first kappa shape index (κ1) is 12.9. The molecule has 94 valence electrons. The first-order chi connectivity index (χ1) is 9.06. The third kappa shape index (κ3) is 2.34. The van der Waals surface area contributed by atoms with E-state index < -0.39 is 17.5 Å². The SMILES string of the molecule is N#CC(C#N)=CNc1nc2c(F)c(F)c(F)cc2s1. The predicted molar refractivity (Wildman–Crippen MR) is 62.4 cm³/mol. The number of anilines is 1. The summed E-state index contributed by atoms with van der Waals surface area (Å²) in [6.45, 7) is 0. The molecule has 0 aliphatic rings. The van der Waals surface area contributed by atoms with E-state index in [4.69, 9.17) is 10.5 Å². The topological polar surface area (TPSA) is 72.5 Å². The van der Waals surface area contributed by atoms with Gasteiger partial charge in [-0.25, -0.2) is 18.2 Å². The summed E-state index contributed by atoms with van der Waals surface area (Å²) < 4.78 is 39.5. The fraction of sp³-hybridized carbons (Fsp3) is 0. The second kappa shape index (κ2) is 4.96. The summed E-state index contributed by atoms with van der Waals surface area (Å²) in [6, 6.07) is 4.04. The molecule has 2 rings (SSSR count). The molecule has 2 aromatic rings. The third-order valence-electron chi connectivity index (χ3n) is 2.10. The lowest BCUT2D eigenvalue weighted by molar-refractivity contribution is 0.453. The van der Waals surface area contributed by atoms with Crippen molar-refractivity contribution in [1.82, 2.24) is 4.98 Å². The lowest BCUT2D eigenvalue weighted by atomic mass is 10.3. The molecule has 0 amide bonds. The van der Waals surface area contributed by atoms with E-state index in [1.165, 1.54) is 0 Å². The number of fused-ring (bicyclic) bond motifs is 1. The summed E-state index contributed by atoms with van der Waals surface area (Å²) in [7, 11) is 0. The van der Waals surface area contributed by atoms with Gasteiger partial charge in [0.15, 0.2) is 22.6 Å². The maximum atomic E-state index is 13.4. The zero-order valence-corrected chi connectivity index (χ0v) is 9.85. The van der Waals surface area contributed by atoms with Crippen LogP contribution in [0.3, 0.4) is 0 Å². The van der Waals surface area contributed by atoms with Crippen LogP contribution < -0.4 is 5.32 Å². The van der Waals surface area contributed by atoms with Gasteiger partial charge in [-0.05, 0) is 6.07 Å². The molecule has 0 radical (unpaired) electrons. The molecule has 19 heavy (non-hydrogen) atoms. The van der Waals surface area contributed by atoms with Crippen LogP contribution in [0.2, 0.25) is 0 Å². The Morgan fingerprint density at radius 3 is 2.58 bits per heavy atom. The van der Waals surface area contributed by atoms with Crippen molar-refractivity contribution in [3.05, 3.63) is 35.3 Å². The van der Waals surface area contributed by atoms with E-state index in [0.717, 1.165) is 23.6 Å². The molecule has 0 aliphatic heterocycles. The Kier molecular flexibility index (Phi) is 3.36. The van der Waals surface area contributed by atoms with Gasteiger partial charge < -0.3 is 5.32 Å². The highest BCUT2D eigenvalue weighted by atomic mass is 32.1. The lowest BCUT2D eigenvalue weighted by Crippen LogP contribution is -1.91. The third-order valence-corrected chi connectivity index (χ3v) is 3.04. The number of nitriles is 2. The Hall–Kier alpha value is -2.58. The van der Waals surface area contributed by atoms with Crippen molar-refractivity contribution in [3.63, 3.8) is 0 Å². The largest absolute Gasteiger partial charge is 0.336 e. The fourth-order valence-corrected chi connectivity index (χ4v) is 2.12. The molecule has 0 fully saturated rings. The van der Waals surface area contributed by atoms with Crippen LogP contribution in [0.15, 0.2) is 17.8 Å². The first-order valence-electron chi connectivity index (χ1n) is 4.77. The number of nitrogens with one attached hydrogen (secondary N) is 1. The number of aromatic nitrogens is 1. The minimum atomic E-state index is -1.59. The molecule has 0 atom stereocenters. The van der Waals surface area contributed by atoms with Gasteiger partial charge in [-0.2, -0.15) is 10.5 Å². The van der Waals surface area contributed by atoms with E-state index in [1.807, 2.05) is 0 Å². The fourth-order valence-electron chi connectivity index (χ4n) is 1.26. The predicted octanol–water partition coefficient (Wildman–Crippen LogP) is 3.06. The molecule has 0 saturated heterocycles. The number of hydrogen-bond donors (Lipinski definition) is 1. The highest BCUT2D eigenvalue weighted by Crippen LogP contribution is 2.30. The zero-order valence-electron chi connectivity index (χ0n) is 9.04. The van der Waals surface area contributed by atoms with Crippen molar-refractivity contribution >= 4 is 26.7 Å². The molecule has 0 aliphatic carbocycles. The van der Waals surface area contributed by atoms with Gasteiger partial charge in [0.1, 0.15) is 23.2 Å². The number of benzene rings is 1. The molecule has 1 aromatic heterocycles.